The van der Waals surface area contributed by atoms with E-state index in [4.69, 9.17) is 14.4 Å². The molecule has 3 heteroatoms. The Balaban J connectivity index is 2.35. The highest BCUT2D eigenvalue weighted by Crippen LogP contribution is 2.26. The van der Waals surface area contributed by atoms with Gasteiger partial charge >= 0.3 is 0 Å². The van der Waals surface area contributed by atoms with Gasteiger partial charge in [-0.05, 0) is 23.8 Å². The van der Waals surface area contributed by atoms with Crippen LogP contribution in [0.25, 0.3) is 11.1 Å². The second-order valence-electron chi connectivity index (χ2n) is 3.32. The Hall–Kier alpha value is -2.21. The highest BCUT2D eigenvalue weighted by molar-refractivity contribution is 5.66. The minimum absolute atomic E-state index is 0.286. The number of methoxy groups -OCH3 is 1. The third-order valence-corrected chi connectivity index (χ3v) is 2.39. The van der Waals surface area contributed by atoms with Crippen molar-refractivity contribution in [1.82, 2.24) is 0 Å². The standard InChI is InChI=1S/C13H11NO2/c1-15-11-4-2-10(3-5-11)12-7-9-16-13(12)6-8-14/h2-5,7,9H,6H2,1H3. The molecule has 0 radical (unpaired) electrons. The largest absolute Gasteiger partial charge is 0.497 e. The molecule has 0 fully saturated rings. The molecule has 1 aromatic carbocycles. The zero-order chi connectivity index (χ0) is 11.4. The molecule has 0 spiro atoms. The zero-order valence-electron chi connectivity index (χ0n) is 8.93. The van der Waals surface area contributed by atoms with Gasteiger partial charge in [0.25, 0.3) is 0 Å². The zero-order valence-corrected chi connectivity index (χ0v) is 8.93. The molecule has 0 saturated carbocycles. The highest BCUT2D eigenvalue weighted by atomic mass is 16.5. The first-order valence-electron chi connectivity index (χ1n) is 4.93. The van der Waals surface area contributed by atoms with Crippen LogP contribution >= 0.6 is 0 Å². The second-order valence-corrected chi connectivity index (χ2v) is 3.32. The van der Waals surface area contributed by atoms with E-state index in [1.54, 1.807) is 13.4 Å². The van der Waals surface area contributed by atoms with E-state index in [0.29, 0.717) is 5.76 Å². The summed E-state index contributed by atoms with van der Waals surface area (Å²) < 4.78 is 10.4. The van der Waals surface area contributed by atoms with E-state index < -0.39 is 0 Å². The molecule has 0 atom stereocenters. The topological polar surface area (TPSA) is 46.2 Å². The van der Waals surface area contributed by atoms with Crippen LogP contribution in [0.4, 0.5) is 0 Å². The molecular weight excluding hydrogens is 202 g/mol. The molecule has 16 heavy (non-hydrogen) atoms. The molecule has 2 rings (SSSR count). The quantitative estimate of drug-likeness (QED) is 0.787. The lowest BCUT2D eigenvalue weighted by Crippen LogP contribution is -1.85. The van der Waals surface area contributed by atoms with Gasteiger partial charge in [0.15, 0.2) is 0 Å². The number of nitrogens with zero attached hydrogens (tertiary/aromatic N) is 1. The molecule has 0 bridgehead atoms. The maximum Gasteiger partial charge on any atom is 0.125 e. The van der Waals surface area contributed by atoms with Crippen LogP contribution in [0, 0.1) is 11.3 Å². The van der Waals surface area contributed by atoms with Crippen LogP contribution < -0.4 is 4.74 Å². The van der Waals surface area contributed by atoms with Gasteiger partial charge in [-0.25, -0.2) is 0 Å². The summed E-state index contributed by atoms with van der Waals surface area (Å²) in [5.74, 6) is 1.52. The molecular formula is C13H11NO2. The number of ether oxygens (including phenoxy) is 1. The lowest BCUT2D eigenvalue weighted by atomic mass is 10.1. The van der Waals surface area contributed by atoms with Gasteiger partial charge in [0.1, 0.15) is 11.5 Å². The van der Waals surface area contributed by atoms with Gasteiger partial charge in [-0.15, -0.1) is 0 Å². The summed E-state index contributed by atoms with van der Waals surface area (Å²) in [4.78, 5) is 0. The Bertz CT molecular complexity index is 505. The Kier molecular flexibility index (Phi) is 2.93. The fourth-order valence-corrected chi connectivity index (χ4v) is 1.58. The van der Waals surface area contributed by atoms with Crippen LogP contribution in [0.5, 0.6) is 5.75 Å². The highest BCUT2D eigenvalue weighted by Gasteiger charge is 2.07. The van der Waals surface area contributed by atoms with Gasteiger partial charge in [0.05, 0.1) is 25.9 Å². The minimum atomic E-state index is 0.286. The van der Waals surface area contributed by atoms with Gasteiger partial charge in [-0.2, -0.15) is 5.26 Å². The predicted octanol–water partition coefficient (Wildman–Crippen LogP) is 3.02. The lowest BCUT2D eigenvalue weighted by Gasteiger charge is -2.02. The normalized spacial score (nSPS) is 9.75. The number of rotatable bonds is 3. The predicted molar refractivity (Wildman–Crippen MR) is 60.0 cm³/mol. The van der Waals surface area contributed by atoms with Gasteiger partial charge in [-0.1, -0.05) is 12.1 Å². The van der Waals surface area contributed by atoms with Crippen LogP contribution in [-0.4, -0.2) is 7.11 Å². The van der Waals surface area contributed by atoms with E-state index in [9.17, 15) is 0 Å². The Labute approximate surface area is 93.9 Å². The van der Waals surface area contributed by atoms with E-state index in [-0.39, 0.29) is 6.42 Å². The van der Waals surface area contributed by atoms with Gasteiger partial charge < -0.3 is 9.15 Å². The molecule has 80 valence electrons. The van der Waals surface area contributed by atoms with E-state index >= 15 is 0 Å². The smallest absolute Gasteiger partial charge is 0.125 e. The maximum atomic E-state index is 8.66. The number of nitriles is 1. The summed E-state index contributed by atoms with van der Waals surface area (Å²) in [5.41, 5.74) is 1.99. The van der Waals surface area contributed by atoms with Crippen molar-refractivity contribution in [2.24, 2.45) is 0 Å². The van der Waals surface area contributed by atoms with Crippen molar-refractivity contribution in [3.8, 4) is 22.9 Å². The molecule has 0 N–H and O–H groups in total. The van der Waals surface area contributed by atoms with E-state index in [1.807, 2.05) is 30.3 Å². The molecule has 2 aromatic rings. The summed E-state index contributed by atoms with van der Waals surface area (Å²) in [6.07, 6.45) is 1.89. The van der Waals surface area contributed by atoms with E-state index in [1.165, 1.54) is 0 Å². The van der Waals surface area contributed by atoms with Crippen molar-refractivity contribution in [2.45, 2.75) is 6.42 Å². The Morgan fingerprint density at radius 1 is 1.25 bits per heavy atom. The average Bonchev–Trinajstić information content (AvgIpc) is 2.78. The van der Waals surface area contributed by atoms with Crippen LogP contribution in [0.2, 0.25) is 0 Å². The first-order valence-corrected chi connectivity index (χ1v) is 4.93. The van der Waals surface area contributed by atoms with Crippen LogP contribution in [-0.2, 0) is 6.42 Å². The monoisotopic (exact) mass is 213 g/mol. The van der Waals surface area contributed by atoms with Gasteiger partial charge in [-0.3, -0.25) is 0 Å². The van der Waals surface area contributed by atoms with Crippen LogP contribution in [0.1, 0.15) is 5.76 Å². The minimum Gasteiger partial charge on any atom is -0.497 e. The maximum absolute atomic E-state index is 8.66. The Morgan fingerprint density at radius 2 is 2.00 bits per heavy atom. The van der Waals surface area contributed by atoms with Crippen LogP contribution in [0.15, 0.2) is 41.0 Å². The van der Waals surface area contributed by atoms with Crippen molar-refractivity contribution in [3.63, 3.8) is 0 Å². The Morgan fingerprint density at radius 3 is 2.62 bits per heavy atom. The molecule has 0 amide bonds. The van der Waals surface area contributed by atoms with Crippen molar-refractivity contribution in [1.29, 1.82) is 5.26 Å². The first-order chi connectivity index (χ1) is 7.85. The number of hydrogen-bond donors (Lipinski definition) is 0. The molecule has 0 aliphatic carbocycles. The lowest BCUT2D eigenvalue weighted by molar-refractivity contribution is 0.415. The van der Waals surface area contributed by atoms with Gasteiger partial charge in [0, 0.05) is 5.56 Å². The molecule has 1 aromatic heterocycles. The molecule has 1 heterocycles. The molecule has 0 aliphatic rings. The summed E-state index contributed by atoms with van der Waals surface area (Å²) in [7, 11) is 1.63. The SMILES string of the molecule is COc1ccc(-c2ccoc2CC#N)cc1. The second kappa shape index (κ2) is 4.54. The van der Waals surface area contributed by atoms with Crippen LogP contribution in [0.3, 0.4) is 0 Å². The first kappa shape index (κ1) is 10.3. The fourth-order valence-electron chi connectivity index (χ4n) is 1.58. The third-order valence-electron chi connectivity index (χ3n) is 2.39. The summed E-state index contributed by atoms with van der Waals surface area (Å²) in [6, 6.07) is 11.6. The van der Waals surface area contributed by atoms with E-state index in [0.717, 1.165) is 16.9 Å². The molecule has 0 aliphatic heterocycles. The molecule has 3 nitrogen and oxygen atoms in total. The van der Waals surface area contributed by atoms with Crippen molar-refractivity contribution in [3.05, 3.63) is 42.4 Å². The number of furan rings is 1. The van der Waals surface area contributed by atoms with Crippen molar-refractivity contribution in [2.75, 3.05) is 7.11 Å². The summed E-state index contributed by atoms with van der Waals surface area (Å²) in [5, 5.41) is 8.66. The number of benzene rings is 1. The summed E-state index contributed by atoms with van der Waals surface area (Å²) in [6.45, 7) is 0. The van der Waals surface area contributed by atoms with Gasteiger partial charge in [0.2, 0.25) is 0 Å². The molecule has 0 saturated heterocycles. The third kappa shape index (κ3) is 1.91. The molecule has 0 unspecified atom stereocenters. The van der Waals surface area contributed by atoms with Crippen molar-refractivity contribution >= 4 is 0 Å². The average molecular weight is 213 g/mol. The number of hydrogen-bond acceptors (Lipinski definition) is 3. The van der Waals surface area contributed by atoms with Crippen molar-refractivity contribution < 1.29 is 9.15 Å². The fraction of sp³-hybridized carbons (Fsp3) is 0.154. The van der Waals surface area contributed by atoms with E-state index in [2.05, 4.69) is 6.07 Å². The summed E-state index contributed by atoms with van der Waals surface area (Å²) >= 11 is 0.